The predicted octanol–water partition coefficient (Wildman–Crippen LogP) is 0.495. The van der Waals surface area contributed by atoms with E-state index in [1.807, 2.05) is 24.3 Å². The topological polar surface area (TPSA) is 54.8 Å². The molecular formula is C14H22N3O2+. The Hall–Kier alpha value is -1.75. The van der Waals surface area contributed by atoms with E-state index in [9.17, 15) is 4.79 Å². The van der Waals surface area contributed by atoms with E-state index in [0.717, 1.165) is 6.54 Å². The summed E-state index contributed by atoms with van der Waals surface area (Å²) in [7, 11) is 1.59. The molecule has 5 heteroatoms. The normalized spacial score (nSPS) is 15.2. The lowest BCUT2D eigenvalue weighted by molar-refractivity contribution is -0.886. The molecule has 2 amide bonds. The van der Waals surface area contributed by atoms with Gasteiger partial charge in [0.1, 0.15) is 5.75 Å². The Morgan fingerprint density at radius 3 is 2.79 bits per heavy atom. The molecule has 5 nitrogen and oxygen atoms in total. The van der Waals surface area contributed by atoms with Crippen LogP contribution in [0.1, 0.15) is 12.8 Å². The second-order valence-electron chi connectivity index (χ2n) is 4.79. The molecule has 2 rings (SSSR count). The molecule has 1 aliphatic rings. The zero-order chi connectivity index (χ0) is 13.5. The zero-order valence-corrected chi connectivity index (χ0v) is 11.4. The summed E-state index contributed by atoms with van der Waals surface area (Å²) < 4.78 is 5.19. The van der Waals surface area contributed by atoms with E-state index in [-0.39, 0.29) is 6.03 Å². The van der Waals surface area contributed by atoms with Crippen LogP contribution in [0.4, 0.5) is 10.5 Å². The van der Waals surface area contributed by atoms with Gasteiger partial charge in [-0.3, -0.25) is 0 Å². The van der Waals surface area contributed by atoms with Gasteiger partial charge in [0.05, 0.1) is 39.0 Å². The Balaban J connectivity index is 1.74. The molecule has 3 N–H and O–H groups in total. The summed E-state index contributed by atoms with van der Waals surface area (Å²) in [5.74, 6) is 0.669. The highest BCUT2D eigenvalue weighted by molar-refractivity contribution is 5.90. The molecule has 0 bridgehead atoms. The van der Waals surface area contributed by atoms with Crippen LogP contribution in [0.15, 0.2) is 24.3 Å². The number of rotatable bonds is 5. The monoisotopic (exact) mass is 264 g/mol. The van der Waals surface area contributed by atoms with Gasteiger partial charge in [0.25, 0.3) is 0 Å². The molecule has 0 saturated carbocycles. The smallest absolute Gasteiger partial charge is 0.319 e. The van der Waals surface area contributed by atoms with Crippen LogP contribution in [0.2, 0.25) is 0 Å². The molecule has 0 radical (unpaired) electrons. The predicted molar refractivity (Wildman–Crippen MR) is 74.8 cm³/mol. The van der Waals surface area contributed by atoms with Crippen molar-refractivity contribution in [3.05, 3.63) is 24.3 Å². The number of nitrogens with one attached hydrogen (secondary N) is 3. The third-order valence-corrected chi connectivity index (χ3v) is 3.43. The Kier molecular flexibility index (Phi) is 5.03. The molecule has 0 aromatic heterocycles. The fraction of sp³-hybridized carbons (Fsp3) is 0.500. The molecule has 1 aromatic carbocycles. The average molecular weight is 264 g/mol. The maximum absolute atomic E-state index is 11.8. The highest BCUT2D eigenvalue weighted by atomic mass is 16.5. The molecule has 1 aromatic rings. The lowest BCUT2D eigenvalue weighted by Gasteiger charge is -2.13. The van der Waals surface area contributed by atoms with E-state index in [2.05, 4.69) is 10.6 Å². The number of hydrogen-bond acceptors (Lipinski definition) is 2. The first-order valence-electron chi connectivity index (χ1n) is 6.81. The molecule has 0 unspecified atom stereocenters. The third-order valence-electron chi connectivity index (χ3n) is 3.43. The Bertz CT molecular complexity index is 417. The summed E-state index contributed by atoms with van der Waals surface area (Å²) in [6.07, 6.45) is 2.62. The van der Waals surface area contributed by atoms with Crippen LogP contribution in [-0.2, 0) is 0 Å². The van der Waals surface area contributed by atoms with Crippen molar-refractivity contribution in [2.75, 3.05) is 38.6 Å². The van der Waals surface area contributed by atoms with Crippen molar-refractivity contribution in [3.63, 3.8) is 0 Å². The van der Waals surface area contributed by atoms with Crippen molar-refractivity contribution in [3.8, 4) is 5.75 Å². The molecule has 1 aliphatic heterocycles. The molecule has 0 aliphatic carbocycles. The summed E-state index contributed by atoms with van der Waals surface area (Å²) in [6.45, 7) is 4.17. The van der Waals surface area contributed by atoms with Gasteiger partial charge in [-0.15, -0.1) is 0 Å². The minimum absolute atomic E-state index is 0.178. The number of hydrogen-bond donors (Lipinski definition) is 3. The van der Waals surface area contributed by atoms with E-state index >= 15 is 0 Å². The second kappa shape index (κ2) is 6.99. The van der Waals surface area contributed by atoms with Gasteiger partial charge in [-0.05, 0) is 12.1 Å². The summed E-state index contributed by atoms with van der Waals surface area (Å²) in [5.41, 5.74) is 0.691. The Morgan fingerprint density at radius 1 is 1.32 bits per heavy atom. The number of likely N-dealkylation sites (tertiary alicyclic amines) is 1. The third kappa shape index (κ3) is 4.13. The molecule has 1 heterocycles. The Morgan fingerprint density at radius 2 is 2.05 bits per heavy atom. The lowest BCUT2D eigenvalue weighted by Crippen LogP contribution is -3.10. The summed E-state index contributed by atoms with van der Waals surface area (Å²) >= 11 is 0. The van der Waals surface area contributed by atoms with Crippen LogP contribution in [0.3, 0.4) is 0 Å². The van der Waals surface area contributed by atoms with Crippen LogP contribution in [0, 0.1) is 0 Å². The Labute approximate surface area is 113 Å². The molecule has 0 atom stereocenters. The molecule has 0 spiro atoms. The standard InChI is InChI=1S/C14H21N3O2/c1-19-13-7-3-2-6-12(13)16-14(18)15-8-11-17-9-4-5-10-17/h2-3,6-7H,4-5,8-11H2,1H3,(H2,15,16,18)/p+1. The van der Waals surface area contributed by atoms with Gasteiger partial charge < -0.3 is 20.3 Å². The van der Waals surface area contributed by atoms with Gasteiger partial charge >= 0.3 is 6.03 Å². The number of methoxy groups -OCH3 is 1. The van der Waals surface area contributed by atoms with E-state index in [0.29, 0.717) is 18.0 Å². The molecule has 19 heavy (non-hydrogen) atoms. The number of urea groups is 1. The highest BCUT2D eigenvalue weighted by Gasteiger charge is 2.14. The van der Waals surface area contributed by atoms with Crippen molar-refractivity contribution in [2.24, 2.45) is 0 Å². The minimum atomic E-state index is -0.178. The lowest BCUT2D eigenvalue weighted by atomic mass is 10.3. The van der Waals surface area contributed by atoms with Crippen molar-refractivity contribution in [1.82, 2.24) is 5.32 Å². The van der Waals surface area contributed by atoms with E-state index in [1.165, 1.54) is 25.9 Å². The van der Waals surface area contributed by atoms with Crippen molar-refractivity contribution in [1.29, 1.82) is 0 Å². The number of anilines is 1. The van der Waals surface area contributed by atoms with Crippen LogP contribution in [0.25, 0.3) is 0 Å². The number of amides is 2. The summed E-state index contributed by atoms with van der Waals surface area (Å²) in [4.78, 5) is 13.3. The van der Waals surface area contributed by atoms with E-state index in [4.69, 9.17) is 4.74 Å². The van der Waals surface area contributed by atoms with Crippen molar-refractivity contribution < 1.29 is 14.4 Å². The first kappa shape index (κ1) is 13.7. The number of para-hydroxylation sites is 2. The fourth-order valence-electron chi connectivity index (χ4n) is 2.39. The van der Waals surface area contributed by atoms with Gasteiger partial charge in [-0.1, -0.05) is 12.1 Å². The van der Waals surface area contributed by atoms with Crippen molar-refractivity contribution >= 4 is 11.7 Å². The van der Waals surface area contributed by atoms with Crippen LogP contribution in [0.5, 0.6) is 5.75 Å². The highest BCUT2D eigenvalue weighted by Crippen LogP contribution is 2.22. The van der Waals surface area contributed by atoms with Crippen molar-refractivity contribution in [2.45, 2.75) is 12.8 Å². The fourth-order valence-corrected chi connectivity index (χ4v) is 2.39. The second-order valence-corrected chi connectivity index (χ2v) is 4.79. The number of carbonyl (C=O) groups excluding carboxylic acids is 1. The molecule has 1 fully saturated rings. The first-order chi connectivity index (χ1) is 9.29. The quantitative estimate of drug-likeness (QED) is 0.725. The SMILES string of the molecule is COc1ccccc1NC(=O)NCC[NH+]1CCCC1. The van der Waals surface area contributed by atoms with Gasteiger partial charge in [-0.25, -0.2) is 4.79 Å². The molecule has 104 valence electrons. The number of ether oxygens (including phenoxy) is 1. The molecular weight excluding hydrogens is 242 g/mol. The number of carbonyl (C=O) groups is 1. The summed E-state index contributed by atoms with van der Waals surface area (Å²) in [5, 5.41) is 5.69. The van der Waals surface area contributed by atoms with Crippen LogP contribution >= 0.6 is 0 Å². The maximum atomic E-state index is 11.8. The number of quaternary nitrogens is 1. The molecule has 1 saturated heterocycles. The van der Waals surface area contributed by atoms with Gasteiger partial charge in [-0.2, -0.15) is 0 Å². The van der Waals surface area contributed by atoms with Gasteiger partial charge in [0.15, 0.2) is 0 Å². The first-order valence-corrected chi connectivity index (χ1v) is 6.81. The van der Waals surface area contributed by atoms with Crippen LogP contribution in [-0.4, -0.2) is 39.3 Å². The maximum Gasteiger partial charge on any atom is 0.319 e. The zero-order valence-electron chi connectivity index (χ0n) is 11.4. The number of benzene rings is 1. The van der Waals surface area contributed by atoms with E-state index in [1.54, 1.807) is 12.0 Å². The largest absolute Gasteiger partial charge is 0.495 e. The van der Waals surface area contributed by atoms with Crippen LogP contribution < -0.4 is 20.3 Å². The van der Waals surface area contributed by atoms with E-state index < -0.39 is 0 Å². The van der Waals surface area contributed by atoms with Gasteiger partial charge in [0, 0.05) is 12.8 Å². The summed E-state index contributed by atoms with van der Waals surface area (Å²) in [6, 6.07) is 7.21. The average Bonchev–Trinajstić information content (AvgIpc) is 2.92. The van der Waals surface area contributed by atoms with Gasteiger partial charge in [0.2, 0.25) is 0 Å². The minimum Gasteiger partial charge on any atom is -0.495 e.